The summed E-state index contributed by atoms with van der Waals surface area (Å²) in [6.07, 6.45) is 0.499. The second-order valence-electron chi connectivity index (χ2n) is 3.57. The van der Waals surface area contributed by atoms with Crippen LogP contribution in [0.3, 0.4) is 0 Å². The fourth-order valence-electron chi connectivity index (χ4n) is 1.46. The smallest absolute Gasteiger partial charge is 0.306 e. The molecule has 0 fully saturated rings. The van der Waals surface area contributed by atoms with E-state index in [1.165, 1.54) is 11.5 Å². The predicted molar refractivity (Wildman–Crippen MR) is 60.1 cm³/mol. The summed E-state index contributed by atoms with van der Waals surface area (Å²) >= 11 is 1.42. The van der Waals surface area contributed by atoms with Crippen LogP contribution in [0.15, 0.2) is 24.3 Å². The van der Waals surface area contributed by atoms with Gasteiger partial charge in [0.15, 0.2) is 0 Å². The lowest BCUT2D eigenvalue weighted by molar-refractivity contribution is -0.141. The molecule has 15 heavy (non-hydrogen) atoms. The average molecular weight is 221 g/mol. The maximum absolute atomic E-state index is 10.7. The summed E-state index contributed by atoms with van der Waals surface area (Å²) in [7, 11) is 0. The molecule has 78 valence electrons. The van der Waals surface area contributed by atoms with Gasteiger partial charge >= 0.3 is 5.97 Å². The Hall–Kier alpha value is -1.42. The number of carboxylic acid groups (broad SMARTS) is 1. The zero-order valence-electron chi connectivity index (χ0n) is 8.30. The van der Waals surface area contributed by atoms with Gasteiger partial charge in [-0.1, -0.05) is 25.1 Å². The Labute approximate surface area is 91.5 Å². The van der Waals surface area contributed by atoms with Crippen molar-refractivity contribution in [2.45, 2.75) is 13.3 Å². The minimum absolute atomic E-state index is 0.379. The van der Waals surface area contributed by atoms with E-state index in [2.05, 4.69) is 4.37 Å². The topological polar surface area (TPSA) is 50.2 Å². The second-order valence-corrected chi connectivity index (χ2v) is 4.37. The van der Waals surface area contributed by atoms with E-state index in [0.29, 0.717) is 6.42 Å². The van der Waals surface area contributed by atoms with Crippen LogP contribution in [0, 0.1) is 5.92 Å². The average Bonchev–Trinajstić information content (AvgIpc) is 2.62. The van der Waals surface area contributed by atoms with E-state index in [4.69, 9.17) is 5.11 Å². The van der Waals surface area contributed by atoms with Gasteiger partial charge in [0.05, 0.1) is 16.3 Å². The van der Waals surface area contributed by atoms with Crippen molar-refractivity contribution in [3.8, 4) is 0 Å². The van der Waals surface area contributed by atoms with Crippen LogP contribution in [0.5, 0.6) is 0 Å². The first-order chi connectivity index (χ1) is 7.18. The molecule has 1 heterocycles. The molecule has 1 unspecified atom stereocenters. The molecule has 0 bridgehead atoms. The minimum atomic E-state index is -0.771. The van der Waals surface area contributed by atoms with Crippen LogP contribution in [0.1, 0.15) is 12.6 Å². The highest BCUT2D eigenvalue weighted by atomic mass is 32.1. The number of hydrogen-bond donors (Lipinski definition) is 1. The maximum atomic E-state index is 10.7. The third kappa shape index (κ3) is 1.99. The molecule has 0 aliphatic carbocycles. The zero-order chi connectivity index (χ0) is 10.8. The van der Waals surface area contributed by atoms with Gasteiger partial charge in [-0.05, 0) is 17.6 Å². The number of carboxylic acids is 1. The van der Waals surface area contributed by atoms with Crippen molar-refractivity contribution in [3.05, 3.63) is 30.0 Å². The van der Waals surface area contributed by atoms with Crippen LogP contribution in [-0.4, -0.2) is 15.4 Å². The van der Waals surface area contributed by atoms with Crippen LogP contribution < -0.4 is 0 Å². The van der Waals surface area contributed by atoms with Gasteiger partial charge in [-0.2, -0.15) is 4.37 Å². The molecule has 0 saturated carbocycles. The molecular formula is C11H11NO2S. The number of fused-ring (bicyclic) bond motifs is 1. The number of aliphatic carboxylic acids is 1. The largest absolute Gasteiger partial charge is 0.481 e. The Morgan fingerprint density at radius 2 is 2.27 bits per heavy atom. The number of carbonyl (C=O) groups is 1. The van der Waals surface area contributed by atoms with Crippen molar-refractivity contribution in [1.82, 2.24) is 4.37 Å². The molecule has 0 saturated heterocycles. The van der Waals surface area contributed by atoms with Gasteiger partial charge in [0, 0.05) is 11.8 Å². The molecule has 1 aromatic carbocycles. The van der Waals surface area contributed by atoms with E-state index in [-0.39, 0.29) is 5.92 Å². The van der Waals surface area contributed by atoms with E-state index in [1.807, 2.05) is 24.3 Å². The summed E-state index contributed by atoms with van der Waals surface area (Å²) in [5, 5.41) is 9.91. The minimum Gasteiger partial charge on any atom is -0.481 e. The third-order valence-corrected chi connectivity index (χ3v) is 3.24. The molecule has 0 radical (unpaired) electrons. The molecule has 0 aliphatic rings. The maximum Gasteiger partial charge on any atom is 0.306 e. The second kappa shape index (κ2) is 3.98. The Kier molecular flexibility index (Phi) is 2.68. The molecule has 3 nitrogen and oxygen atoms in total. The third-order valence-electron chi connectivity index (χ3n) is 2.37. The molecule has 2 rings (SSSR count). The summed E-state index contributed by atoms with van der Waals surface area (Å²) in [6, 6.07) is 7.90. The fraction of sp³-hybridized carbons (Fsp3) is 0.273. The van der Waals surface area contributed by atoms with E-state index in [9.17, 15) is 4.79 Å². The van der Waals surface area contributed by atoms with Gasteiger partial charge in [-0.3, -0.25) is 4.79 Å². The monoisotopic (exact) mass is 221 g/mol. The summed E-state index contributed by atoms with van der Waals surface area (Å²) < 4.78 is 5.41. The van der Waals surface area contributed by atoms with Gasteiger partial charge in [0.2, 0.25) is 0 Å². The lowest BCUT2D eigenvalue weighted by Gasteiger charge is -2.02. The van der Waals surface area contributed by atoms with E-state index >= 15 is 0 Å². The molecule has 1 atom stereocenters. The number of hydrogen-bond acceptors (Lipinski definition) is 3. The quantitative estimate of drug-likeness (QED) is 0.866. The van der Waals surface area contributed by atoms with Crippen LogP contribution in [-0.2, 0) is 11.2 Å². The van der Waals surface area contributed by atoms with Crippen molar-refractivity contribution < 1.29 is 9.90 Å². The number of aromatic nitrogens is 1. The highest BCUT2D eigenvalue weighted by Gasteiger charge is 2.15. The van der Waals surface area contributed by atoms with Gasteiger partial charge in [0.1, 0.15) is 0 Å². The highest BCUT2D eigenvalue weighted by molar-refractivity contribution is 7.13. The van der Waals surface area contributed by atoms with Crippen molar-refractivity contribution in [2.75, 3.05) is 0 Å². The normalized spacial score (nSPS) is 12.9. The van der Waals surface area contributed by atoms with Crippen molar-refractivity contribution in [1.29, 1.82) is 0 Å². The zero-order valence-corrected chi connectivity index (χ0v) is 9.12. The Balaban J connectivity index is 2.32. The molecule has 0 aliphatic heterocycles. The van der Waals surface area contributed by atoms with Crippen molar-refractivity contribution >= 4 is 27.6 Å². The molecule has 2 aromatic rings. The summed E-state index contributed by atoms with van der Waals surface area (Å²) in [6.45, 7) is 1.70. The summed E-state index contributed by atoms with van der Waals surface area (Å²) in [5.41, 5.74) is 0.894. The van der Waals surface area contributed by atoms with Crippen LogP contribution in [0.25, 0.3) is 10.1 Å². The lowest BCUT2D eigenvalue weighted by atomic mass is 10.0. The van der Waals surface area contributed by atoms with Crippen LogP contribution in [0.4, 0.5) is 0 Å². The Morgan fingerprint density at radius 1 is 1.53 bits per heavy atom. The molecule has 4 heteroatoms. The van der Waals surface area contributed by atoms with Crippen LogP contribution in [0.2, 0.25) is 0 Å². The standard InChI is InChI=1S/C11H11NO2S/c1-7(11(13)14)6-9-8-4-2-3-5-10(8)15-12-9/h2-5,7H,6H2,1H3,(H,13,14). The summed E-state index contributed by atoms with van der Waals surface area (Å²) in [4.78, 5) is 10.7. The van der Waals surface area contributed by atoms with Gasteiger partial charge in [0.25, 0.3) is 0 Å². The highest BCUT2D eigenvalue weighted by Crippen LogP contribution is 2.24. The number of nitrogens with zero attached hydrogens (tertiary/aromatic N) is 1. The molecule has 0 spiro atoms. The number of rotatable bonds is 3. The molecule has 1 aromatic heterocycles. The number of benzene rings is 1. The first-order valence-corrected chi connectivity index (χ1v) is 5.52. The fourth-order valence-corrected chi connectivity index (χ4v) is 2.27. The van der Waals surface area contributed by atoms with E-state index in [1.54, 1.807) is 6.92 Å². The van der Waals surface area contributed by atoms with Crippen LogP contribution >= 0.6 is 11.5 Å². The van der Waals surface area contributed by atoms with Gasteiger partial charge in [-0.15, -0.1) is 0 Å². The summed E-state index contributed by atoms with van der Waals surface area (Å²) in [5.74, 6) is -1.15. The molecule has 1 N–H and O–H groups in total. The Bertz CT molecular complexity index is 492. The molecule has 0 amide bonds. The predicted octanol–water partition coefficient (Wildman–Crippen LogP) is 2.56. The Morgan fingerprint density at radius 3 is 3.00 bits per heavy atom. The lowest BCUT2D eigenvalue weighted by Crippen LogP contribution is -2.12. The first-order valence-electron chi connectivity index (χ1n) is 4.74. The van der Waals surface area contributed by atoms with E-state index in [0.717, 1.165) is 15.8 Å². The van der Waals surface area contributed by atoms with Crippen molar-refractivity contribution in [3.63, 3.8) is 0 Å². The van der Waals surface area contributed by atoms with E-state index < -0.39 is 5.97 Å². The SMILES string of the molecule is CC(Cc1nsc2ccccc12)C(=O)O. The van der Waals surface area contributed by atoms with Crippen molar-refractivity contribution in [2.24, 2.45) is 5.92 Å². The van der Waals surface area contributed by atoms with Gasteiger partial charge in [-0.25, -0.2) is 0 Å². The molecular weight excluding hydrogens is 210 g/mol. The first kappa shape index (κ1) is 10.1. The van der Waals surface area contributed by atoms with Gasteiger partial charge < -0.3 is 5.11 Å².